The quantitative estimate of drug-likeness (QED) is 0.236. The molecule has 2 aromatic heterocycles. The van der Waals surface area contributed by atoms with Crippen LogP contribution in [0.2, 0.25) is 25.7 Å². The molecule has 11 heteroatoms. The number of allylic oxidation sites excluding steroid dienone is 1. The Balaban J connectivity index is 1.88. The molecule has 9 nitrogen and oxygen atoms in total. The third-order valence-corrected chi connectivity index (χ3v) is 9.02. The second-order valence-electron chi connectivity index (χ2n) is 13.3. The summed E-state index contributed by atoms with van der Waals surface area (Å²) in [5, 5.41) is 3.50. The molecule has 1 aliphatic rings. The van der Waals surface area contributed by atoms with E-state index in [-0.39, 0.29) is 18.7 Å². The number of nitrogens with one attached hydrogen (secondary N) is 2. The molecule has 0 aliphatic carbocycles. The van der Waals surface area contributed by atoms with E-state index in [0.29, 0.717) is 22.5 Å². The zero-order chi connectivity index (χ0) is 31.0. The van der Waals surface area contributed by atoms with Gasteiger partial charge in [-0.25, -0.2) is 19.1 Å². The Morgan fingerprint density at radius 2 is 1.90 bits per heavy atom. The zero-order valence-corrected chi connectivity index (χ0v) is 28.1. The van der Waals surface area contributed by atoms with Crippen LogP contribution in [0.1, 0.15) is 57.3 Å². The predicted octanol–water partition coefficient (Wildman–Crippen LogP) is 6.80. The van der Waals surface area contributed by atoms with Crippen LogP contribution in [0.15, 0.2) is 40.8 Å². The highest BCUT2D eigenvalue weighted by Gasteiger charge is 2.30. The maximum atomic E-state index is 13.6. The van der Waals surface area contributed by atoms with E-state index >= 15 is 0 Å². The third-order valence-electron chi connectivity index (χ3n) is 6.82. The van der Waals surface area contributed by atoms with Crippen LogP contribution in [-0.4, -0.2) is 52.8 Å². The summed E-state index contributed by atoms with van der Waals surface area (Å²) < 4.78 is 13.7. The number of aromatic amines is 1. The summed E-state index contributed by atoms with van der Waals surface area (Å²) in [6.45, 7) is 16.3. The zero-order valence-electron chi connectivity index (χ0n) is 25.5. The van der Waals surface area contributed by atoms with E-state index in [1.54, 1.807) is 12.4 Å². The first kappa shape index (κ1) is 31.5. The molecule has 0 bridgehead atoms. The van der Waals surface area contributed by atoms with E-state index in [4.69, 9.17) is 9.47 Å². The lowest BCUT2D eigenvalue weighted by atomic mass is 9.86. The minimum Gasteiger partial charge on any atom is -0.461 e. The van der Waals surface area contributed by atoms with Crippen LogP contribution in [0, 0.1) is 0 Å². The van der Waals surface area contributed by atoms with Crippen LogP contribution in [0.4, 0.5) is 4.79 Å². The summed E-state index contributed by atoms with van der Waals surface area (Å²) in [4.78, 5) is 48.0. The van der Waals surface area contributed by atoms with Gasteiger partial charge in [-0.05, 0) is 56.7 Å². The molecule has 2 N–H and O–H groups in total. The SMILES string of the molecule is CC(C)(C)OC(=O)n1c2c(c3ccc(Br)cc31)CC(=O)N/C(C(=O)OCC[Si](C)(C)C)=C\c1nc[nH]c1C(C)(C)/C=C\2. The summed E-state index contributed by atoms with van der Waals surface area (Å²) in [5.41, 5.74) is 1.63. The Labute approximate surface area is 255 Å². The molecule has 0 fully saturated rings. The van der Waals surface area contributed by atoms with E-state index in [0.717, 1.165) is 21.6 Å². The monoisotopic (exact) mass is 654 g/mol. The first-order valence-corrected chi connectivity index (χ1v) is 18.4. The molecule has 42 heavy (non-hydrogen) atoms. The maximum Gasteiger partial charge on any atom is 0.419 e. The fraction of sp³-hybridized carbons (Fsp3) is 0.419. The van der Waals surface area contributed by atoms with Crippen LogP contribution < -0.4 is 5.32 Å². The average Bonchev–Trinajstić information content (AvgIpc) is 3.42. The number of halogens is 1. The summed E-state index contributed by atoms with van der Waals surface area (Å²) in [6.07, 6.45) is 6.25. The van der Waals surface area contributed by atoms with E-state index < -0.39 is 37.1 Å². The molecule has 0 atom stereocenters. The maximum absolute atomic E-state index is 13.6. The number of benzene rings is 1. The van der Waals surface area contributed by atoms with Crippen molar-refractivity contribution in [2.75, 3.05) is 6.61 Å². The van der Waals surface area contributed by atoms with Gasteiger partial charge >= 0.3 is 12.1 Å². The van der Waals surface area contributed by atoms with Crippen LogP contribution in [0.3, 0.4) is 0 Å². The van der Waals surface area contributed by atoms with E-state index in [1.807, 2.05) is 65.0 Å². The number of rotatable bonds is 4. The van der Waals surface area contributed by atoms with Gasteiger partial charge in [-0.15, -0.1) is 0 Å². The van der Waals surface area contributed by atoms with Crippen molar-refractivity contribution >= 4 is 65.0 Å². The highest BCUT2D eigenvalue weighted by Crippen LogP contribution is 2.34. The Morgan fingerprint density at radius 1 is 1.19 bits per heavy atom. The van der Waals surface area contributed by atoms with E-state index in [9.17, 15) is 14.4 Å². The lowest BCUT2D eigenvalue weighted by Crippen LogP contribution is -2.31. The molecule has 224 valence electrons. The molecule has 0 saturated carbocycles. The number of aromatic nitrogens is 3. The van der Waals surface area contributed by atoms with Crippen molar-refractivity contribution in [3.63, 3.8) is 0 Å². The molecule has 1 aromatic carbocycles. The highest BCUT2D eigenvalue weighted by atomic mass is 79.9. The standard InChI is InChI=1S/C31H39BrN4O5Si/c1-30(2,3)41-29(39)36-24-11-12-31(4,5)27-22(33-18-34-27)17-23(28(38)40-13-14-42(6,7)8)35-26(37)16-21(24)20-10-9-19(32)15-25(20)36/h9-12,15,17-18H,13-14,16H2,1-8H3,(H,33,34)(H,35,37)/b12-11-,23-17-. The first-order chi connectivity index (χ1) is 19.4. The molecule has 4 rings (SSSR count). The first-order valence-electron chi connectivity index (χ1n) is 13.9. The Hall–Kier alpha value is -3.44. The molecule has 0 saturated heterocycles. The predicted molar refractivity (Wildman–Crippen MR) is 171 cm³/mol. The van der Waals surface area contributed by atoms with Gasteiger partial charge in [-0.1, -0.05) is 61.6 Å². The number of imidazole rings is 1. The second kappa shape index (κ2) is 11.7. The van der Waals surface area contributed by atoms with E-state index in [1.165, 1.54) is 4.57 Å². The van der Waals surface area contributed by atoms with Crippen molar-refractivity contribution in [2.24, 2.45) is 0 Å². The van der Waals surface area contributed by atoms with Gasteiger partial charge in [0.25, 0.3) is 0 Å². The number of fused-ring (bicyclic) bond motifs is 4. The van der Waals surface area contributed by atoms with Gasteiger partial charge in [0.05, 0.1) is 42.0 Å². The number of amides is 1. The summed E-state index contributed by atoms with van der Waals surface area (Å²) >= 11 is 3.52. The number of hydrogen-bond acceptors (Lipinski definition) is 6. The number of ether oxygens (including phenoxy) is 2. The molecule has 0 radical (unpaired) electrons. The number of carbonyl (C=O) groups excluding carboxylic acids is 3. The summed E-state index contributed by atoms with van der Waals surface area (Å²) in [5.74, 6) is -1.05. The summed E-state index contributed by atoms with van der Waals surface area (Å²) in [6, 6.07) is 6.36. The van der Waals surface area contributed by atoms with Crippen molar-refractivity contribution in [3.8, 4) is 0 Å². The largest absolute Gasteiger partial charge is 0.461 e. The van der Waals surface area contributed by atoms with Gasteiger partial charge in [-0.3, -0.25) is 4.79 Å². The fourth-order valence-electron chi connectivity index (χ4n) is 4.68. The molecule has 0 unspecified atom stereocenters. The lowest BCUT2D eigenvalue weighted by molar-refractivity contribution is -0.140. The van der Waals surface area contributed by atoms with Crippen molar-refractivity contribution in [3.05, 3.63) is 63.4 Å². The van der Waals surface area contributed by atoms with Gasteiger partial charge < -0.3 is 19.8 Å². The van der Waals surface area contributed by atoms with Crippen molar-refractivity contribution < 1.29 is 23.9 Å². The van der Waals surface area contributed by atoms with Crippen LogP contribution >= 0.6 is 15.9 Å². The van der Waals surface area contributed by atoms with Gasteiger partial charge in [0.2, 0.25) is 5.91 Å². The van der Waals surface area contributed by atoms with Gasteiger partial charge in [0.1, 0.15) is 11.3 Å². The fourth-order valence-corrected chi connectivity index (χ4v) is 5.74. The average molecular weight is 656 g/mol. The van der Waals surface area contributed by atoms with Gasteiger partial charge in [-0.2, -0.15) is 0 Å². The minimum atomic E-state index is -1.44. The Bertz CT molecular complexity index is 1600. The van der Waals surface area contributed by atoms with Crippen LogP contribution in [0.25, 0.3) is 23.1 Å². The molecular weight excluding hydrogens is 616 g/mol. The van der Waals surface area contributed by atoms with Crippen LogP contribution in [-0.2, 0) is 30.9 Å². The van der Waals surface area contributed by atoms with Gasteiger partial charge in [0, 0.05) is 23.3 Å². The second-order valence-corrected chi connectivity index (χ2v) is 19.8. The molecular formula is C31H39BrN4O5Si. The Kier molecular flexibility index (Phi) is 8.76. The number of carbonyl (C=O) groups is 3. The Morgan fingerprint density at radius 3 is 2.57 bits per heavy atom. The van der Waals surface area contributed by atoms with Crippen molar-refractivity contribution in [2.45, 2.75) is 77.7 Å². The lowest BCUT2D eigenvalue weighted by Gasteiger charge is -2.22. The van der Waals surface area contributed by atoms with Crippen molar-refractivity contribution in [1.82, 2.24) is 19.9 Å². The molecule has 0 spiro atoms. The number of nitrogens with zero attached hydrogens (tertiary/aromatic N) is 2. The van der Waals surface area contributed by atoms with Crippen LogP contribution in [0.5, 0.6) is 0 Å². The van der Waals surface area contributed by atoms with Gasteiger partial charge in [0.15, 0.2) is 0 Å². The highest BCUT2D eigenvalue weighted by molar-refractivity contribution is 9.10. The van der Waals surface area contributed by atoms with E-state index in [2.05, 4.69) is 50.9 Å². The summed E-state index contributed by atoms with van der Waals surface area (Å²) in [7, 11) is -1.44. The number of H-pyrrole nitrogens is 1. The molecule has 1 amide bonds. The topological polar surface area (TPSA) is 115 Å². The van der Waals surface area contributed by atoms with Crippen molar-refractivity contribution in [1.29, 1.82) is 0 Å². The number of esters is 1. The molecule has 1 aliphatic heterocycles. The third kappa shape index (κ3) is 7.30. The molecule has 3 aromatic rings. The molecule has 3 heterocycles. The smallest absolute Gasteiger partial charge is 0.419 e. The normalized spacial score (nSPS) is 17.5. The minimum absolute atomic E-state index is 0.00412. The number of hydrogen-bond donors (Lipinski definition) is 2.